The number of esters is 1. The van der Waals surface area contributed by atoms with E-state index >= 15 is 0 Å². The van der Waals surface area contributed by atoms with Gasteiger partial charge < -0.3 is 9.30 Å². The summed E-state index contributed by atoms with van der Waals surface area (Å²) in [6.45, 7) is 6.48. The Bertz CT molecular complexity index is 1160. The topological polar surface area (TPSA) is 99.0 Å². The minimum Gasteiger partial charge on any atom is -0.457 e. The molecular weight excluding hydrogens is 396 g/mol. The first-order valence-corrected chi connectivity index (χ1v) is 10.8. The Morgan fingerprint density at radius 2 is 1.90 bits per heavy atom. The van der Waals surface area contributed by atoms with E-state index in [1.165, 1.54) is 4.57 Å². The van der Waals surface area contributed by atoms with Gasteiger partial charge in [-0.05, 0) is 17.9 Å². The monoisotopic (exact) mass is 426 g/mol. The van der Waals surface area contributed by atoms with Gasteiger partial charge in [0.25, 0.3) is 5.56 Å². The summed E-state index contributed by atoms with van der Waals surface area (Å²) in [4.78, 5) is 44.5. The number of aryl methyl sites for hydroxylation is 2. The van der Waals surface area contributed by atoms with Crippen molar-refractivity contribution in [2.24, 2.45) is 13.0 Å². The van der Waals surface area contributed by atoms with Crippen LogP contribution in [0.5, 0.6) is 0 Å². The summed E-state index contributed by atoms with van der Waals surface area (Å²) >= 11 is 0. The van der Waals surface area contributed by atoms with Gasteiger partial charge in [0, 0.05) is 13.6 Å². The van der Waals surface area contributed by atoms with E-state index in [9.17, 15) is 14.4 Å². The fourth-order valence-electron chi connectivity index (χ4n) is 3.76. The molecule has 0 aliphatic carbocycles. The molecule has 0 aliphatic rings. The highest BCUT2D eigenvalue weighted by Crippen LogP contribution is 2.28. The molecule has 8 nitrogen and oxygen atoms in total. The van der Waals surface area contributed by atoms with E-state index in [0.29, 0.717) is 23.5 Å². The highest BCUT2D eigenvalue weighted by Gasteiger charge is 2.28. The number of hydrogen-bond acceptors (Lipinski definition) is 5. The first-order valence-electron chi connectivity index (χ1n) is 10.8. The number of unbranched alkanes of at least 4 members (excludes halogenated alkanes) is 1. The van der Waals surface area contributed by atoms with Gasteiger partial charge in [0.15, 0.2) is 11.2 Å². The Hall–Kier alpha value is -3.16. The number of H-pyrrole nitrogens is 1. The maximum atomic E-state index is 13.0. The lowest BCUT2D eigenvalue weighted by Crippen LogP contribution is -2.31. The normalized spacial score (nSPS) is 13.3. The predicted molar refractivity (Wildman–Crippen MR) is 119 cm³/mol. The molecule has 0 saturated heterocycles. The number of carbonyl (C=O) groups excluding carboxylic acids is 1. The molecule has 2 heterocycles. The molecule has 0 unspecified atom stereocenters. The summed E-state index contributed by atoms with van der Waals surface area (Å²) in [5.41, 5.74) is 0.549. The van der Waals surface area contributed by atoms with Gasteiger partial charge >= 0.3 is 11.7 Å². The molecule has 1 N–H and O–H groups in total. The predicted octanol–water partition coefficient (Wildman–Crippen LogP) is 3.10. The third-order valence-electron chi connectivity index (χ3n) is 5.81. The maximum absolute atomic E-state index is 13.0. The first-order chi connectivity index (χ1) is 14.9. The lowest BCUT2D eigenvalue weighted by molar-refractivity contribution is -0.148. The molecule has 0 amide bonds. The Balaban J connectivity index is 1.90. The van der Waals surface area contributed by atoms with E-state index in [0.717, 1.165) is 24.8 Å². The fourth-order valence-corrected chi connectivity index (χ4v) is 3.76. The molecule has 2 aromatic heterocycles. The summed E-state index contributed by atoms with van der Waals surface area (Å²) in [5, 5.41) is 0. The first kappa shape index (κ1) is 22.5. The van der Waals surface area contributed by atoms with Crippen molar-refractivity contribution in [2.45, 2.75) is 59.1 Å². The highest BCUT2D eigenvalue weighted by molar-refractivity contribution is 5.78. The van der Waals surface area contributed by atoms with Crippen LogP contribution in [-0.2, 0) is 29.7 Å². The summed E-state index contributed by atoms with van der Waals surface area (Å²) in [7, 11) is 1.69. The van der Waals surface area contributed by atoms with Crippen LogP contribution in [0.4, 0.5) is 0 Å². The zero-order valence-corrected chi connectivity index (χ0v) is 18.6. The fraction of sp³-hybridized carbons (Fsp3) is 0.478. The SMILES string of the molecule is CCCCn1c(=O)[nH]c(=O)c2c1nc(COC(=O)[C@@H](c1ccccc1)[C@@H](C)CC)n2C. The molecule has 3 rings (SSSR count). The van der Waals surface area contributed by atoms with Gasteiger partial charge in [-0.25, -0.2) is 9.78 Å². The van der Waals surface area contributed by atoms with Crippen LogP contribution in [0.3, 0.4) is 0 Å². The van der Waals surface area contributed by atoms with Gasteiger partial charge in [-0.15, -0.1) is 0 Å². The van der Waals surface area contributed by atoms with Crippen LogP contribution in [0.15, 0.2) is 39.9 Å². The molecule has 8 heteroatoms. The van der Waals surface area contributed by atoms with E-state index in [4.69, 9.17) is 4.74 Å². The number of ether oxygens (including phenoxy) is 1. The molecule has 3 aromatic rings. The molecule has 1 aromatic carbocycles. The summed E-state index contributed by atoms with van der Waals surface area (Å²) in [6.07, 6.45) is 2.52. The van der Waals surface area contributed by atoms with Crippen molar-refractivity contribution in [3.8, 4) is 0 Å². The van der Waals surface area contributed by atoms with E-state index in [1.54, 1.807) is 11.6 Å². The molecule has 0 radical (unpaired) electrons. The van der Waals surface area contributed by atoms with Crippen LogP contribution >= 0.6 is 0 Å². The largest absolute Gasteiger partial charge is 0.457 e. The average Bonchev–Trinajstić information content (AvgIpc) is 3.09. The molecule has 31 heavy (non-hydrogen) atoms. The number of benzene rings is 1. The molecular formula is C23H30N4O4. The van der Waals surface area contributed by atoms with Crippen molar-refractivity contribution in [2.75, 3.05) is 0 Å². The summed E-state index contributed by atoms with van der Waals surface area (Å²) in [6, 6.07) is 9.59. The minimum atomic E-state index is -0.498. The molecule has 0 bridgehead atoms. The molecule has 0 saturated carbocycles. The Morgan fingerprint density at radius 1 is 1.19 bits per heavy atom. The van der Waals surface area contributed by atoms with Crippen molar-refractivity contribution in [1.29, 1.82) is 0 Å². The molecule has 0 aliphatic heterocycles. The Morgan fingerprint density at radius 3 is 2.55 bits per heavy atom. The Kier molecular flexibility index (Phi) is 7.09. The van der Waals surface area contributed by atoms with Gasteiger partial charge in [-0.2, -0.15) is 0 Å². The van der Waals surface area contributed by atoms with Crippen molar-refractivity contribution < 1.29 is 9.53 Å². The number of nitrogens with zero attached hydrogens (tertiary/aromatic N) is 3. The smallest absolute Gasteiger partial charge is 0.330 e. The summed E-state index contributed by atoms with van der Waals surface area (Å²) < 4.78 is 8.70. The molecule has 0 fully saturated rings. The van der Waals surface area contributed by atoms with Crippen LogP contribution < -0.4 is 11.2 Å². The number of aromatic nitrogens is 4. The van der Waals surface area contributed by atoms with E-state index in [1.807, 2.05) is 51.1 Å². The number of imidazole rings is 1. The van der Waals surface area contributed by atoms with Crippen LogP contribution in [0.2, 0.25) is 0 Å². The number of fused-ring (bicyclic) bond motifs is 1. The third kappa shape index (κ3) is 4.62. The number of aromatic amines is 1. The second-order valence-electron chi connectivity index (χ2n) is 7.91. The number of carbonyl (C=O) groups is 1. The lowest BCUT2D eigenvalue weighted by atomic mass is 9.86. The zero-order valence-electron chi connectivity index (χ0n) is 18.6. The van der Waals surface area contributed by atoms with Crippen LogP contribution in [-0.4, -0.2) is 25.1 Å². The lowest BCUT2D eigenvalue weighted by Gasteiger charge is -2.21. The van der Waals surface area contributed by atoms with Gasteiger partial charge in [0.1, 0.15) is 12.4 Å². The second kappa shape index (κ2) is 9.76. The number of hydrogen-bond donors (Lipinski definition) is 1. The standard InChI is InChI=1S/C23H30N4O4/c1-5-7-13-27-20-19(21(28)25-23(27)30)26(4)17(24-20)14-31-22(29)18(15(3)6-2)16-11-9-8-10-12-16/h8-12,15,18H,5-7,13-14H2,1-4H3,(H,25,28,30)/t15-,18+/m0/s1. The van der Waals surface area contributed by atoms with Crippen molar-refractivity contribution in [1.82, 2.24) is 19.1 Å². The van der Waals surface area contributed by atoms with Gasteiger partial charge in [0.2, 0.25) is 0 Å². The van der Waals surface area contributed by atoms with Crippen LogP contribution in [0.25, 0.3) is 11.2 Å². The van der Waals surface area contributed by atoms with Gasteiger partial charge in [-0.1, -0.05) is 63.9 Å². The van der Waals surface area contributed by atoms with Crippen molar-refractivity contribution in [3.05, 3.63) is 62.6 Å². The highest BCUT2D eigenvalue weighted by atomic mass is 16.5. The van der Waals surface area contributed by atoms with E-state index in [-0.39, 0.29) is 24.4 Å². The van der Waals surface area contributed by atoms with Crippen LogP contribution in [0.1, 0.15) is 57.3 Å². The maximum Gasteiger partial charge on any atom is 0.330 e. The minimum absolute atomic E-state index is 0.0782. The van der Waals surface area contributed by atoms with Crippen LogP contribution in [0, 0.1) is 5.92 Å². The zero-order chi connectivity index (χ0) is 22.5. The van der Waals surface area contributed by atoms with E-state index < -0.39 is 11.2 Å². The van der Waals surface area contributed by atoms with Gasteiger partial charge in [0.05, 0.1) is 5.92 Å². The summed E-state index contributed by atoms with van der Waals surface area (Å²) in [5.74, 6) is -0.185. The number of rotatable bonds is 9. The third-order valence-corrected chi connectivity index (χ3v) is 5.81. The van der Waals surface area contributed by atoms with Crippen molar-refractivity contribution in [3.63, 3.8) is 0 Å². The van der Waals surface area contributed by atoms with Gasteiger partial charge in [-0.3, -0.25) is 19.1 Å². The average molecular weight is 427 g/mol. The number of nitrogens with one attached hydrogen (secondary N) is 1. The van der Waals surface area contributed by atoms with Crippen molar-refractivity contribution >= 4 is 17.1 Å². The van der Waals surface area contributed by atoms with E-state index in [2.05, 4.69) is 9.97 Å². The molecule has 2 atom stereocenters. The molecule has 0 spiro atoms. The molecule has 166 valence electrons. The second-order valence-corrected chi connectivity index (χ2v) is 7.91. The quantitative estimate of drug-likeness (QED) is 0.530. The Labute approximate surface area is 180 Å².